The second kappa shape index (κ2) is 8.70. The summed E-state index contributed by atoms with van der Waals surface area (Å²) < 4.78 is 10.6. The van der Waals surface area contributed by atoms with Gasteiger partial charge in [0.1, 0.15) is 0 Å². The van der Waals surface area contributed by atoms with Crippen LogP contribution in [-0.4, -0.2) is 42.3 Å². The average Bonchev–Trinajstić information content (AvgIpc) is 3.49. The highest BCUT2D eigenvalue weighted by Crippen LogP contribution is 2.25. The van der Waals surface area contributed by atoms with E-state index in [2.05, 4.69) is 15.2 Å². The molecule has 2 aliphatic rings. The third-order valence-electron chi connectivity index (χ3n) is 5.89. The molecule has 2 aromatic carbocycles. The van der Waals surface area contributed by atoms with Crippen molar-refractivity contribution in [2.45, 2.75) is 12.8 Å². The summed E-state index contributed by atoms with van der Waals surface area (Å²) in [4.78, 5) is 31.0. The lowest BCUT2D eigenvalue weighted by Gasteiger charge is -2.31. The van der Waals surface area contributed by atoms with Crippen molar-refractivity contribution < 1.29 is 18.7 Å². The number of benzene rings is 2. The molecule has 0 radical (unpaired) electrons. The van der Waals surface area contributed by atoms with Gasteiger partial charge in [0.2, 0.25) is 5.90 Å². The van der Waals surface area contributed by atoms with Crippen LogP contribution in [-0.2, 0) is 9.53 Å². The zero-order valence-corrected chi connectivity index (χ0v) is 17.5. The minimum absolute atomic E-state index is 0.191. The topological polar surface area (TPSA) is 84.1 Å². The van der Waals surface area contributed by atoms with Gasteiger partial charge in [0.05, 0.1) is 6.26 Å². The molecule has 162 valence electrons. The van der Waals surface area contributed by atoms with E-state index in [1.807, 2.05) is 42.5 Å². The Labute approximate surface area is 185 Å². The van der Waals surface area contributed by atoms with Crippen molar-refractivity contribution in [1.29, 1.82) is 0 Å². The maximum Gasteiger partial charge on any atom is 0.365 e. The van der Waals surface area contributed by atoms with E-state index >= 15 is 0 Å². The molecule has 0 aliphatic carbocycles. The van der Waals surface area contributed by atoms with Crippen LogP contribution in [0.2, 0.25) is 0 Å². The molecule has 7 heteroatoms. The highest BCUT2D eigenvalue weighted by atomic mass is 16.6. The first-order chi connectivity index (χ1) is 15.7. The van der Waals surface area contributed by atoms with Gasteiger partial charge in [0, 0.05) is 31.4 Å². The number of hydrogen-bond acceptors (Lipinski definition) is 6. The number of likely N-dealkylation sites (tertiary alicyclic amines) is 1. The number of carbonyl (C=O) groups is 2. The maximum absolute atomic E-state index is 12.4. The van der Waals surface area contributed by atoms with E-state index in [0.717, 1.165) is 42.3 Å². The minimum Gasteiger partial charge on any atom is -0.459 e. The van der Waals surface area contributed by atoms with Gasteiger partial charge >= 0.3 is 5.97 Å². The van der Waals surface area contributed by atoms with Crippen molar-refractivity contribution in [1.82, 2.24) is 10.2 Å². The van der Waals surface area contributed by atoms with Crippen molar-refractivity contribution >= 4 is 28.5 Å². The van der Waals surface area contributed by atoms with Gasteiger partial charge in [0.15, 0.2) is 11.5 Å². The summed E-state index contributed by atoms with van der Waals surface area (Å²) in [6.45, 7) is 2.18. The van der Waals surface area contributed by atoms with Crippen LogP contribution in [0.4, 0.5) is 0 Å². The molecule has 0 unspecified atom stereocenters. The quantitative estimate of drug-likeness (QED) is 0.494. The van der Waals surface area contributed by atoms with Crippen LogP contribution < -0.4 is 5.32 Å². The summed E-state index contributed by atoms with van der Waals surface area (Å²) in [5, 5.41) is 5.00. The van der Waals surface area contributed by atoms with Crippen LogP contribution in [0.3, 0.4) is 0 Å². The fraction of sp³-hybridized carbons (Fsp3) is 0.240. The zero-order chi connectivity index (χ0) is 21.9. The normalized spacial score (nSPS) is 18.1. The smallest absolute Gasteiger partial charge is 0.365 e. The Morgan fingerprint density at radius 2 is 1.91 bits per heavy atom. The summed E-state index contributed by atoms with van der Waals surface area (Å²) in [6.07, 6.45) is 5.11. The van der Waals surface area contributed by atoms with Gasteiger partial charge in [-0.2, -0.15) is 0 Å². The standard InChI is InChI=1S/C25H23N3O4/c29-23(22-9-4-14-31-22)26-15-17-10-12-28(13-11-17)16-21-25(30)32-24(27-21)20-8-3-6-18-5-1-2-7-19(18)20/h1-9,14,16-17H,10-13,15H2,(H,26,29). The van der Waals surface area contributed by atoms with E-state index in [9.17, 15) is 9.59 Å². The molecule has 1 fully saturated rings. The second-order valence-electron chi connectivity index (χ2n) is 8.01. The Balaban J connectivity index is 1.21. The number of furan rings is 1. The van der Waals surface area contributed by atoms with Crippen LogP contribution in [0, 0.1) is 5.92 Å². The number of nitrogens with one attached hydrogen (secondary N) is 1. The third kappa shape index (κ3) is 4.14. The van der Waals surface area contributed by atoms with E-state index in [0.29, 0.717) is 29.8 Å². The highest BCUT2D eigenvalue weighted by Gasteiger charge is 2.27. The number of fused-ring (bicyclic) bond motifs is 1. The first-order valence-corrected chi connectivity index (χ1v) is 10.7. The van der Waals surface area contributed by atoms with Crippen LogP contribution in [0.1, 0.15) is 29.0 Å². The Morgan fingerprint density at radius 1 is 1.09 bits per heavy atom. The molecule has 3 aromatic rings. The van der Waals surface area contributed by atoms with Gasteiger partial charge in [0.25, 0.3) is 5.91 Å². The number of nitrogens with zero attached hydrogens (tertiary/aromatic N) is 2. The fourth-order valence-corrected chi connectivity index (χ4v) is 4.12. The molecule has 2 aliphatic heterocycles. The summed E-state index contributed by atoms with van der Waals surface area (Å²) in [6, 6.07) is 17.2. The van der Waals surface area contributed by atoms with E-state index < -0.39 is 5.97 Å². The molecule has 0 bridgehead atoms. The predicted octanol–water partition coefficient (Wildman–Crippen LogP) is 3.72. The number of cyclic esters (lactones) is 1. The average molecular weight is 429 g/mol. The lowest BCUT2D eigenvalue weighted by atomic mass is 9.97. The highest BCUT2D eigenvalue weighted by molar-refractivity contribution is 6.16. The van der Waals surface area contributed by atoms with Crippen LogP contribution >= 0.6 is 0 Å². The van der Waals surface area contributed by atoms with Crippen molar-refractivity contribution in [3.8, 4) is 0 Å². The van der Waals surface area contributed by atoms with Crippen LogP contribution in [0.15, 0.2) is 82.2 Å². The van der Waals surface area contributed by atoms with E-state index in [1.165, 1.54) is 6.26 Å². The number of piperidine rings is 1. The Morgan fingerprint density at radius 3 is 2.72 bits per heavy atom. The summed E-state index contributed by atoms with van der Waals surface area (Å²) in [5.41, 5.74) is 1.13. The fourth-order valence-electron chi connectivity index (χ4n) is 4.12. The molecule has 1 N–H and O–H groups in total. The predicted molar refractivity (Wildman–Crippen MR) is 120 cm³/mol. The molecule has 7 nitrogen and oxygen atoms in total. The molecule has 32 heavy (non-hydrogen) atoms. The van der Waals surface area contributed by atoms with Gasteiger partial charge in [-0.05, 0) is 47.7 Å². The van der Waals surface area contributed by atoms with Crippen LogP contribution in [0.25, 0.3) is 10.8 Å². The monoisotopic (exact) mass is 429 g/mol. The Bertz CT molecular complexity index is 1200. The van der Waals surface area contributed by atoms with Crippen LogP contribution in [0.5, 0.6) is 0 Å². The van der Waals surface area contributed by atoms with Crippen molar-refractivity contribution in [3.63, 3.8) is 0 Å². The number of amides is 1. The Kier molecular flexibility index (Phi) is 5.46. The summed E-state index contributed by atoms with van der Waals surface area (Å²) in [5.74, 6) is 0.429. The molecule has 3 heterocycles. The molecule has 1 saturated heterocycles. The molecular formula is C25H23N3O4. The zero-order valence-electron chi connectivity index (χ0n) is 17.5. The maximum atomic E-state index is 12.4. The van der Waals surface area contributed by atoms with E-state index in [4.69, 9.17) is 9.15 Å². The summed E-state index contributed by atoms with van der Waals surface area (Å²) in [7, 11) is 0. The molecule has 0 spiro atoms. The van der Waals surface area contributed by atoms with Crippen molar-refractivity contribution in [2.24, 2.45) is 10.9 Å². The first-order valence-electron chi connectivity index (χ1n) is 10.7. The lowest BCUT2D eigenvalue weighted by Crippen LogP contribution is -2.36. The summed E-state index contributed by atoms with van der Waals surface area (Å²) >= 11 is 0. The number of ether oxygens (including phenoxy) is 1. The SMILES string of the molecule is O=C1OC(c2cccc3ccccc23)=NC1=CN1CCC(CNC(=O)c2ccco2)CC1. The lowest BCUT2D eigenvalue weighted by molar-refractivity contribution is -0.130. The van der Waals surface area contributed by atoms with Gasteiger partial charge in [-0.25, -0.2) is 9.79 Å². The van der Waals surface area contributed by atoms with E-state index in [-0.39, 0.29) is 5.91 Å². The van der Waals surface area contributed by atoms with Gasteiger partial charge in [-0.1, -0.05) is 36.4 Å². The number of hydrogen-bond donors (Lipinski definition) is 1. The third-order valence-corrected chi connectivity index (χ3v) is 5.89. The molecular weight excluding hydrogens is 406 g/mol. The number of esters is 1. The largest absolute Gasteiger partial charge is 0.459 e. The number of aliphatic imine (C=N–C) groups is 1. The van der Waals surface area contributed by atoms with Gasteiger partial charge in [-0.3, -0.25) is 4.79 Å². The second-order valence-corrected chi connectivity index (χ2v) is 8.01. The van der Waals surface area contributed by atoms with Gasteiger partial charge in [-0.15, -0.1) is 0 Å². The minimum atomic E-state index is -0.430. The number of carbonyl (C=O) groups excluding carboxylic acids is 2. The molecule has 1 aromatic heterocycles. The first kappa shape index (κ1) is 20.1. The van der Waals surface area contributed by atoms with E-state index in [1.54, 1.807) is 18.3 Å². The Hall–Kier alpha value is -3.87. The van der Waals surface area contributed by atoms with Crippen molar-refractivity contribution in [3.05, 3.63) is 84.1 Å². The molecule has 0 atom stereocenters. The molecule has 0 saturated carbocycles. The number of rotatable bonds is 5. The molecule has 5 rings (SSSR count). The van der Waals surface area contributed by atoms with Gasteiger partial charge < -0.3 is 19.4 Å². The van der Waals surface area contributed by atoms with Crippen molar-refractivity contribution in [2.75, 3.05) is 19.6 Å². The molecule has 1 amide bonds.